The third-order valence-electron chi connectivity index (χ3n) is 1.12. The summed E-state index contributed by atoms with van der Waals surface area (Å²) < 4.78 is 17.3. The number of alkyl halides is 1. The van der Waals surface area contributed by atoms with E-state index in [1.54, 1.807) is 0 Å². The molecule has 0 amide bonds. The van der Waals surface area contributed by atoms with Crippen LogP contribution in [-0.2, 0) is 5.67 Å². The smallest absolute Gasteiger partial charge is 0.135 e. The fraction of sp³-hybridized carbons (Fsp3) is 0.500. The van der Waals surface area contributed by atoms with Crippen LogP contribution in [0.15, 0.2) is 17.0 Å². The van der Waals surface area contributed by atoms with E-state index in [1.165, 1.54) is 26.3 Å². The largest absolute Gasteiger partial charge is 0.364 e. The molecule has 1 aromatic heterocycles. The van der Waals surface area contributed by atoms with Crippen LogP contribution >= 0.6 is 0 Å². The zero-order chi connectivity index (χ0) is 6.91. The Morgan fingerprint density at radius 2 is 2.33 bits per heavy atom. The van der Waals surface area contributed by atoms with Crippen molar-refractivity contribution in [1.82, 2.24) is 5.16 Å². The van der Waals surface area contributed by atoms with Crippen molar-refractivity contribution in [3.05, 3.63) is 18.0 Å². The number of halogens is 1. The lowest BCUT2D eigenvalue weighted by Crippen LogP contribution is -2.06. The molecule has 1 heterocycles. The summed E-state index contributed by atoms with van der Waals surface area (Å²) >= 11 is 0. The maximum Gasteiger partial charge on any atom is 0.135 e. The molecule has 3 heteroatoms. The summed E-state index contributed by atoms with van der Waals surface area (Å²) in [7, 11) is 0. The average molecular weight is 129 g/mol. The second-order valence-electron chi connectivity index (χ2n) is 2.39. The van der Waals surface area contributed by atoms with E-state index in [4.69, 9.17) is 0 Å². The summed E-state index contributed by atoms with van der Waals surface area (Å²) in [6, 6.07) is 0. The van der Waals surface area contributed by atoms with Crippen LogP contribution in [0.4, 0.5) is 4.39 Å². The minimum absolute atomic E-state index is 0.475. The van der Waals surface area contributed by atoms with Gasteiger partial charge in [0.05, 0.1) is 6.20 Å². The predicted octanol–water partition coefficient (Wildman–Crippen LogP) is 1.88. The van der Waals surface area contributed by atoms with Crippen LogP contribution < -0.4 is 0 Å². The molecule has 0 unspecified atom stereocenters. The third kappa shape index (κ3) is 1.28. The monoisotopic (exact) mass is 129 g/mol. The van der Waals surface area contributed by atoms with Crippen LogP contribution in [0.3, 0.4) is 0 Å². The molecule has 2 nitrogen and oxygen atoms in total. The standard InChI is InChI=1S/C6H8FNO/c1-6(2,7)5-3-8-9-4-5/h3-4H,1-2H3. The van der Waals surface area contributed by atoms with Crippen molar-refractivity contribution in [3.8, 4) is 0 Å². The lowest BCUT2D eigenvalue weighted by atomic mass is 10.1. The Labute approximate surface area is 52.7 Å². The van der Waals surface area contributed by atoms with Gasteiger partial charge >= 0.3 is 0 Å². The van der Waals surface area contributed by atoms with Gasteiger partial charge in [-0.1, -0.05) is 5.16 Å². The van der Waals surface area contributed by atoms with E-state index in [2.05, 4.69) is 9.68 Å². The van der Waals surface area contributed by atoms with E-state index in [0.717, 1.165) is 0 Å². The first-order chi connectivity index (χ1) is 4.11. The van der Waals surface area contributed by atoms with E-state index < -0.39 is 5.67 Å². The van der Waals surface area contributed by atoms with Crippen molar-refractivity contribution in [2.75, 3.05) is 0 Å². The molecular formula is C6H8FNO. The molecule has 0 spiro atoms. The second kappa shape index (κ2) is 1.83. The van der Waals surface area contributed by atoms with Crippen LogP contribution in [0.1, 0.15) is 19.4 Å². The second-order valence-corrected chi connectivity index (χ2v) is 2.39. The normalized spacial score (nSPS) is 11.9. The van der Waals surface area contributed by atoms with Gasteiger partial charge in [0, 0.05) is 5.56 Å². The summed E-state index contributed by atoms with van der Waals surface area (Å²) in [5.74, 6) is 0. The van der Waals surface area contributed by atoms with Crippen LogP contribution in [0.5, 0.6) is 0 Å². The maximum atomic E-state index is 12.9. The van der Waals surface area contributed by atoms with E-state index in [-0.39, 0.29) is 0 Å². The fourth-order valence-electron chi connectivity index (χ4n) is 0.498. The van der Waals surface area contributed by atoms with Gasteiger partial charge in [0.1, 0.15) is 11.9 Å². The van der Waals surface area contributed by atoms with Gasteiger partial charge in [0.2, 0.25) is 0 Å². The van der Waals surface area contributed by atoms with Crippen molar-refractivity contribution in [3.63, 3.8) is 0 Å². The van der Waals surface area contributed by atoms with Crippen LogP contribution in [0.25, 0.3) is 0 Å². The SMILES string of the molecule is CC(C)(F)c1cnoc1. The van der Waals surface area contributed by atoms with Crippen molar-refractivity contribution in [2.24, 2.45) is 0 Å². The molecule has 0 aromatic carbocycles. The van der Waals surface area contributed by atoms with Crippen LogP contribution in [0, 0.1) is 0 Å². The molecule has 1 aromatic rings. The molecular weight excluding hydrogens is 121 g/mol. The molecule has 0 aliphatic heterocycles. The molecule has 0 saturated heterocycles. The Hall–Kier alpha value is -0.860. The van der Waals surface area contributed by atoms with E-state index in [0.29, 0.717) is 5.56 Å². The predicted molar refractivity (Wildman–Crippen MR) is 30.6 cm³/mol. The van der Waals surface area contributed by atoms with Gasteiger partial charge in [-0.05, 0) is 13.8 Å². The zero-order valence-corrected chi connectivity index (χ0v) is 5.39. The van der Waals surface area contributed by atoms with E-state index in [1.807, 2.05) is 0 Å². The van der Waals surface area contributed by atoms with Gasteiger partial charge in [0.15, 0.2) is 0 Å². The Morgan fingerprint density at radius 1 is 1.67 bits per heavy atom. The minimum atomic E-state index is -1.33. The Morgan fingerprint density at radius 3 is 2.56 bits per heavy atom. The summed E-state index contributed by atoms with van der Waals surface area (Å²) in [6.07, 6.45) is 2.68. The van der Waals surface area contributed by atoms with Gasteiger partial charge < -0.3 is 4.52 Å². The Kier molecular flexibility index (Phi) is 1.27. The number of rotatable bonds is 1. The molecule has 9 heavy (non-hydrogen) atoms. The molecule has 0 aliphatic carbocycles. The highest BCUT2D eigenvalue weighted by Gasteiger charge is 2.20. The summed E-state index contributed by atoms with van der Waals surface area (Å²) in [4.78, 5) is 0. The molecule has 0 fully saturated rings. The molecule has 1 rings (SSSR count). The van der Waals surface area contributed by atoms with Gasteiger partial charge in [-0.25, -0.2) is 4.39 Å². The average Bonchev–Trinajstić information content (AvgIpc) is 2.08. The van der Waals surface area contributed by atoms with Gasteiger partial charge in [-0.2, -0.15) is 0 Å². The maximum absolute atomic E-state index is 12.9. The van der Waals surface area contributed by atoms with Crippen molar-refractivity contribution < 1.29 is 8.91 Å². The summed E-state index contributed by atoms with van der Waals surface area (Å²) in [5.41, 5.74) is -0.859. The number of hydrogen-bond donors (Lipinski definition) is 0. The Bertz CT molecular complexity index is 175. The third-order valence-corrected chi connectivity index (χ3v) is 1.12. The van der Waals surface area contributed by atoms with Gasteiger partial charge in [-0.15, -0.1) is 0 Å². The van der Waals surface area contributed by atoms with Crippen molar-refractivity contribution in [1.29, 1.82) is 0 Å². The Balaban J connectivity index is 2.90. The van der Waals surface area contributed by atoms with Crippen molar-refractivity contribution in [2.45, 2.75) is 19.5 Å². The first-order valence-electron chi connectivity index (χ1n) is 2.69. The van der Waals surface area contributed by atoms with Crippen molar-refractivity contribution >= 4 is 0 Å². The highest BCUT2D eigenvalue weighted by atomic mass is 19.1. The van der Waals surface area contributed by atoms with E-state index >= 15 is 0 Å². The first-order valence-corrected chi connectivity index (χ1v) is 2.69. The van der Waals surface area contributed by atoms with Gasteiger partial charge in [0.25, 0.3) is 0 Å². The van der Waals surface area contributed by atoms with Crippen LogP contribution in [-0.4, -0.2) is 5.16 Å². The number of aromatic nitrogens is 1. The van der Waals surface area contributed by atoms with E-state index in [9.17, 15) is 4.39 Å². The zero-order valence-electron chi connectivity index (χ0n) is 5.39. The fourth-order valence-corrected chi connectivity index (χ4v) is 0.498. The highest BCUT2D eigenvalue weighted by molar-refractivity contribution is 5.09. The molecule has 0 N–H and O–H groups in total. The molecule has 0 radical (unpaired) electrons. The summed E-state index contributed by atoms with van der Waals surface area (Å²) in [6.45, 7) is 2.92. The molecule has 0 atom stereocenters. The highest BCUT2D eigenvalue weighted by Crippen LogP contribution is 2.22. The quantitative estimate of drug-likeness (QED) is 0.578. The molecule has 0 aliphatic rings. The lowest BCUT2D eigenvalue weighted by Gasteiger charge is -2.08. The first kappa shape index (κ1) is 6.26. The molecule has 0 bridgehead atoms. The molecule has 50 valence electrons. The molecule has 0 saturated carbocycles. The van der Waals surface area contributed by atoms with Crippen LogP contribution in [0.2, 0.25) is 0 Å². The lowest BCUT2D eigenvalue weighted by molar-refractivity contribution is 0.220. The number of nitrogens with zero attached hydrogens (tertiary/aromatic N) is 1. The summed E-state index contributed by atoms with van der Waals surface area (Å²) in [5, 5.41) is 3.37. The van der Waals surface area contributed by atoms with Gasteiger partial charge in [-0.3, -0.25) is 0 Å². The minimum Gasteiger partial charge on any atom is -0.364 e. The topological polar surface area (TPSA) is 26.0 Å². The number of hydrogen-bond acceptors (Lipinski definition) is 2.